The van der Waals surface area contributed by atoms with Crippen molar-refractivity contribution < 1.29 is 24.2 Å². The van der Waals surface area contributed by atoms with E-state index in [1.54, 1.807) is 9.80 Å². The van der Waals surface area contributed by atoms with E-state index in [4.69, 9.17) is 9.47 Å². The number of ether oxygens (including phenoxy) is 2. The lowest BCUT2D eigenvalue weighted by Gasteiger charge is -2.36. The first-order chi connectivity index (χ1) is 19.1. The Morgan fingerprint density at radius 3 is 2.50 bits per heavy atom. The number of rotatable bonds is 7. The summed E-state index contributed by atoms with van der Waals surface area (Å²) in [5, 5.41) is 10.1. The van der Waals surface area contributed by atoms with Gasteiger partial charge >= 0.3 is 0 Å². The predicted molar refractivity (Wildman–Crippen MR) is 159 cm³/mol. The normalized spacial score (nSPS) is 21.5. The van der Waals surface area contributed by atoms with Crippen molar-refractivity contribution in [2.24, 2.45) is 5.92 Å². The zero-order valence-electron chi connectivity index (χ0n) is 25.0. The number of fused-ring (bicyclic) bond motifs is 1. The fourth-order valence-corrected chi connectivity index (χ4v) is 4.93. The van der Waals surface area contributed by atoms with Crippen molar-refractivity contribution in [1.82, 2.24) is 9.80 Å². The van der Waals surface area contributed by atoms with Gasteiger partial charge in [-0.3, -0.25) is 9.59 Å². The van der Waals surface area contributed by atoms with Crippen LogP contribution in [0.2, 0.25) is 0 Å². The second kappa shape index (κ2) is 15.1. The van der Waals surface area contributed by atoms with Crippen LogP contribution in [-0.4, -0.2) is 92.4 Å². The topological polar surface area (TPSA) is 82.6 Å². The number of hydrogen-bond donors (Lipinski definition) is 1. The number of aliphatic hydroxyl groups is 1. The van der Waals surface area contributed by atoms with E-state index in [1.165, 1.54) is 0 Å². The highest BCUT2D eigenvalue weighted by Crippen LogP contribution is 2.29. The smallest absolute Gasteiger partial charge is 0.258 e. The molecule has 2 aromatic rings. The van der Waals surface area contributed by atoms with Gasteiger partial charge in [-0.2, -0.15) is 0 Å². The van der Waals surface area contributed by atoms with Crippen molar-refractivity contribution in [2.75, 3.05) is 52.3 Å². The van der Waals surface area contributed by atoms with Gasteiger partial charge in [0.2, 0.25) is 5.91 Å². The average molecular weight is 554 g/mol. The standard InChI is InChI=1S/C32H47N3O5/c1-23-20-35(24(2)22-36)32(38)28-19-27(33(4)5)15-16-29(28)40-25(3)12-10-11-17-39-30(23)21-34(6)31(37)18-26-13-8-7-9-14-26/h7-9,13-16,19,23-25,30,36H,10-12,17-18,20-22H2,1-6H3/t23-,24-,25+,30-/m0/s1. The number of hydrogen-bond acceptors (Lipinski definition) is 6. The lowest BCUT2D eigenvalue weighted by Crippen LogP contribution is -2.48. The lowest BCUT2D eigenvalue weighted by molar-refractivity contribution is -0.131. The van der Waals surface area contributed by atoms with Gasteiger partial charge in [0.25, 0.3) is 5.91 Å². The van der Waals surface area contributed by atoms with Crippen LogP contribution in [0.25, 0.3) is 0 Å². The van der Waals surface area contributed by atoms with Crippen molar-refractivity contribution in [2.45, 2.75) is 64.7 Å². The van der Waals surface area contributed by atoms with Crippen molar-refractivity contribution in [3.63, 3.8) is 0 Å². The molecule has 0 spiro atoms. The van der Waals surface area contributed by atoms with Gasteiger partial charge in [-0.15, -0.1) is 0 Å². The predicted octanol–water partition coefficient (Wildman–Crippen LogP) is 4.25. The van der Waals surface area contributed by atoms with E-state index < -0.39 is 6.04 Å². The maximum absolute atomic E-state index is 14.1. The molecule has 1 aliphatic heterocycles. The molecule has 1 N–H and O–H groups in total. The van der Waals surface area contributed by atoms with Gasteiger partial charge in [-0.1, -0.05) is 37.3 Å². The van der Waals surface area contributed by atoms with E-state index >= 15 is 0 Å². The SMILES string of the molecule is C[C@@H]1CCCCO[C@@H](CN(C)C(=O)Cc2ccccc2)[C@@H](C)CN([C@@H](C)CO)C(=O)c2cc(N(C)C)ccc2O1. The quantitative estimate of drug-likeness (QED) is 0.552. The summed E-state index contributed by atoms with van der Waals surface area (Å²) in [6.45, 7) is 7.10. The molecule has 0 aromatic heterocycles. The Hall–Kier alpha value is -3.10. The molecule has 1 aliphatic rings. The lowest BCUT2D eigenvalue weighted by atomic mass is 10.0. The van der Waals surface area contributed by atoms with Crippen LogP contribution in [0.5, 0.6) is 5.75 Å². The van der Waals surface area contributed by atoms with Crippen LogP contribution in [0.4, 0.5) is 5.69 Å². The number of anilines is 1. The molecule has 4 atom stereocenters. The first kappa shape index (κ1) is 31.4. The highest BCUT2D eigenvalue weighted by atomic mass is 16.5. The minimum Gasteiger partial charge on any atom is -0.490 e. The number of aliphatic hydroxyl groups excluding tert-OH is 1. The van der Waals surface area contributed by atoms with E-state index in [0.29, 0.717) is 37.4 Å². The third kappa shape index (κ3) is 8.70. The van der Waals surface area contributed by atoms with Crippen molar-refractivity contribution >= 4 is 17.5 Å². The molecule has 0 fully saturated rings. The Morgan fingerprint density at radius 2 is 1.82 bits per heavy atom. The van der Waals surface area contributed by atoms with Gasteiger partial charge in [-0.05, 0) is 56.9 Å². The second-order valence-electron chi connectivity index (χ2n) is 11.3. The summed E-state index contributed by atoms with van der Waals surface area (Å²) < 4.78 is 12.7. The first-order valence-electron chi connectivity index (χ1n) is 14.4. The summed E-state index contributed by atoms with van der Waals surface area (Å²) in [4.78, 5) is 32.5. The fourth-order valence-electron chi connectivity index (χ4n) is 4.93. The minimum absolute atomic E-state index is 0.0224. The minimum atomic E-state index is -0.408. The van der Waals surface area contributed by atoms with Gasteiger partial charge < -0.3 is 29.3 Å². The molecule has 2 aromatic carbocycles. The first-order valence-corrected chi connectivity index (χ1v) is 14.4. The van der Waals surface area contributed by atoms with Crippen molar-refractivity contribution in [3.05, 3.63) is 59.7 Å². The van der Waals surface area contributed by atoms with Crippen LogP contribution in [0, 0.1) is 5.92 Å². The number of amides is 2. The molecule has 220 valence electrons. The second-order valence-corrected chi connectivity index (χ2v) is 11.3. The highest BCUT2D eigenvalue weighted by Gasteiger charge is 2.31. The monoisotopic (exact) mass is 553 g/mol. The molecule has 1 heterocycles. The number of carbonyl (C=O) groups excluding carboxylic acids is 2. The Morgan fingerprint density at radius 1 is 1.10 bits per heavy atom. The molecule has 0 saturated heterocycles. The molecule has 0 aliphatic carbocycles. The van der Waals surface area contributed by atoms with E-state index in [-0.39, 0.29) is 36.5 Å². The van der Waals surface area contributed by atoms with Crippen LogP contribution < -0.4 is 9.64 Å². The summed E-state index contributed by atoms with van der Waals surface area (Å²) in [7, 11) is 5.68. The molecule has 8 nitrogen and oxygen atoms in total. The third-order valence-corrected chi connectivity index (χ3v) is 7.63. The van der Waals surface area contributed by atoms with Gasteiger partial charge in [0.15, 0.2) is 0 Å². The summed E-state index contributed by atoms with van der Waals surface area (Å²) >= 11 is 0. The Bertz CT molecular complexity index is 1090. The van der Waals surface area contributed by atoms with Crippen LogP contribution in [-0.2, 0) is 16.0 Å². The summed E-state index contributed by atoms with van der Waals surface area (Å²) in [6, 6.07) is 15.0. The fraction of sp³-hybridized carbons (Fsp3) is 0.562. The van der Waals surface area contributed by atoms with Crippen LogP contribution in [0.3, 0.4) is 0 Å². The van der Waals surface area contributed by atoms with Crippen LogP contribution >= 0.6 is 0 Å². The summed E-state index contributed by atoms with van der Waals surface area (Å²) in [6.07, 6.45) is 2.63. The molecule has 2 amide bonds. The van der Waals surface area contributed by atoms with Gasteiger partial charge in [-0.25, -0.2) is 0 Å². The molecule has 3 rings (SSSR count). The van der Waals surface area contributed by atoms with E-state index in [0.717, 1.165) is 30.5 Å². The average Bonchev–Trinajstić information content (AvgIpc) is 2.94. The zero-order chi connectivity index (χ0) is 29.2. The van der Waals surface area contributed by atoms with Crippen LogP contribution in [0.1, 0.15) is 56.0 Å². The third-order valence-electron chi connectivity index (χ3n) is 7.63. The summed E-state index contributed by atoms with van der Waals surface area (Å²) in [5.74, 6) is 0.299. The molecular weight excluding hydrogens is 506 g/mol. The molecule has 8 heteroatoms. The molecular formula is C32H47N3O5. The van der Waals surface area contributed by atoms with Gasteiger partial charge in [0.05, 0.1) is 36.8 Å². The Balaban J connectivity index is 1.88. The van der Waals surface area contributed by atoms with E-state index in [9.17, 15) is 14.7 Å². The molecule has 0 bridgehead atoms. The maximum atomic E-state index is 14.1. The van der Waals surface area contributed by atoms with E-state index in [2.05, 4.69) is 0 Å². The molecule has 0 radical (unpaired) electrons. The van der Waals surface area contributed by atoms with Crippen molar-refractivity contribution in [3.8, 4) is 5.75 Å². The van der Waals surface area contributed by atoms with Gasteiger partial charge in [0.1, 0.15) is 5.75 Å². The van der Waals surface area contributed by atoms with Crippen molar-refractivity contribution in [1.29, 1.82) is 0 Å². The summed E-state index contributed by atoms with van der Waals surface area (Å²) in [5.41, 5.74) is 2.35. The number of nitrogens with zero attached hydrogens (tertiary/aromatic N) is 3. The highest BCUT2D eigenvalue weighted by molar-refractivity contribution is 5.98. The van der Waals surface area contributed by atoms with Gasteiger partial charge in [0, 0.05) is 52.4 Å². The largest absolute Gasteiger partial charge is 0.490 e. The Kier molecular flexibility index (Phi) is 11.8. The maximum Gasteiger partial charge on any atom is 0.258 e. The number of likely N-dealkylation sites (N-methyl/N-ethyl adjacent to an activating group) is 1. The zero-order valence-corrected chi connectivity index (χ0v) is 25.0. The van der Waals surface area contributed by atoms with Crippen LogP contribution in [0.15, 0.2) is 48.5 Å². The molecule has 0 saturated carbocycles. The molecule has 40 heavy (non-hydrogen) atoms. The number of benzene rings is 2. The van der Waals surface area contributed by atoms with E-state index in [1.807, 2.05) is 95.3 Å². The Labute approximate surface area is 239 Å². The number of carbonyl (C=O) groups is 2. The molecule has 0 unspecified atom stereocenters.